The Morgan fingerprint density at radius 1 is 1.21 bits per heavy atom. The van der Waals surface area contributed by atoms with Crippen molar-refractivity contribution in [2.75, 3.05) is 0 Å². The summed E-state index contributed by atoms with van der Waals surface area (Å²) in [5.41, 5.74) is 1.39. The Balaban J connectivity index is 0.000000163. The Morgan fingerprint density at radius 2 is 2.00 bits per heavy atom. The molecule has 2 aliphatic rings. The highest BCUT2D eigenvalue weighted by atomic mass is 32.1. The van der Waals surface area contributed by atoms with Gasteiger partial charge >= 0.3 is 0 Å². The summed E-state index contributed by atoms with van der Waals surface area (Å²) in [6.07, 6.45) is 10.2. The maximum absolute atomic E-state index is 10.5. The van der Waals surface area contributed by atoms with Crippen LogP contribution in [0.2, 0.25) is 0 Å². The molecule has 0 saturated heterocycles. The van der Waals surface area contributed by atoms with Crippen LogP contribution in [0.3, 0.4) is 0 Å². The first-order valence-corrected chi connectivity index (χ1v) is 8.12. The average Bonchev–Trinajstić information content (AvgIpc) is 2.94. The normalized spacial score (nSPS) is 23.3. The van der Waals surface area contributed by atoms with E-state index < -0.39 is 0 Å². The summed E-state index contributed by atoms with van der Waals surface area (Å²) in [6.45, 7) is 0. The third-order valence-electron chi connectivity index (χ3n) is 3.78. The summed E-state index contributed by atoms with van der Waals surface area (Å²) < 4.78 is 0. The fourth-order valence-electron chi connectivity index (χ4n) is 2.63. The number of aliphatic hydroxyl groups excluding tert-OH is 1. The lowest BCUT2D eigenvalue weighted by atomic mass is 9.88. The summed E-state index contributed by atoms with van der Waals surface area (Å²) in [4.78, 5) is 10.5. The molecule has 19 heavy (non-hydrogen) atoms. The molecule has 1 saturated carbocycles. The summed E-state index contributed by atoms with van der Waals surface area (Å²) in [7, 11) is 0. The van der Waals surface area contributed by atoms with Crippen molar-refractivity contribution in [2.45, 2.75) is 57.3 Å². The number of ketones is 1. The molecule has 0 bridgehead atoms. The van der Waals surface area contributed by atoms with Crippen LogP contribution < -0.4 is 0 Å². The maximum atomic E-state index is 10.5. The molecule has 2 nitrogen and oxygen atoms in total. The molecular weight excluding hydrogens is 256 g/mol. The van der Waals surface area contributed by atoms with Crippen molar-refractivity contribution in [3.05, 3.63) is 34.2 Å². The second-order valence-corrected chi connectivity index (χ2v) is 6.11. The summed E-state index contributed by atoms with van der Waals surface area (Å²) in [5, 5.41) is 13.6. The van der Waals surface area contributed by atoms with Gasteiger partial charge in [0, 0.05) is 19.3 Å². The first kappa shape index (κ1) is 14.3. The second-order valence-electron chi connectivity index (χ2n) is 5.33. The van der Waals surface area contributed by atoms with E-state index in [1.165, 1.54) is 18.4 Å². The lowest BCUT2D eigenvalue weighted by molar-refractivity contribution is -0.120. The monoisotopic (exact) mass is 278 g/mol. The Labute approximate surface area is 119 Å². The van der Waals surface area contributed by atoms with Crippen molar-refractivity contribution in [1.82, 2.24) is 0 Å². The van der Waals surface area contributed by atoms with Crippen LogP contribution in [0.5, 0.6) is 0 Å². The van der Waals surface area contributed by atoms with E-state index in [9.17, 15) is 9.90 Å². The fourth-order valence-corrected chi connectivity index (χ4v) is 3.37. The smallest absolute Gasteiger partial charge is 0.132 e. The van der Waals surface area contributed by atoms with E-state index in [0.717, 1.165) is 38.5 Å². The van der Waals surface area contributed by atoms with E-state index in [1.807, 2.05) is 6.08 Å². The van der Waals surface area contributed by atoms with Gasteiger partial charge in [-0.1, -0.05) is 6.42 Å². The van der Waals surface area contributed by atoms with Crippen LogP contribution in [0.4, 0.5) is 0 Å². The molecule has 0 spiro atoms. The van der Waals surface area contributed by atoms with Crippen molar-refractivity contribution >= 4 is 17.1 Å². The number of allylic oxidation sites excluding steroid dienone is 2. The zero-order valence-corrected chi connectivity index (χ0v) is 12.1. The van der Waals surface area contributed by atoms with Crippen molar-refractivity contribution in [2.24, 2.45) is 0 Å². The first-order valence-electron chi connectivity index (χ1n) is 7.17. The third kappa shape index (κ3) is 4.83. The van der Waals surface area contributed by atoms with Gasteiger partial charge in [-0.3, -0.25) is 4.79 Å². The topological polar surface area (TPSA) is 37.3 Å². The standard InChI is InChI=1S/C10H12OS.C6H10O/c11-10-3-1-2-8(6-10)9-4-5-12-7-9;7-6-4-2-1-3-5-6/h3-5,7-8,11H,1-2,6H2;1-5H2. The Bertz CT molecular complexity index is 412. The van der Waals surface area contributed by atoms with Gasteiger partial charge in [0.05, 0.1) is 5.76 Å². The molecule has 3 rings (SSSR count). The average molecular weight is 278 g/mol. The number of aliphatic hydroxyl groups is 1. The number of carbonyl (C=O) groups is 1. The van der Waals surface area contributed by atoms with Crippen LogP contribution in [0, 0.1) is 0 Å². The highest BCUT2D eigenvalue weighted by Gasteiger charge is 2.16. The SMILES string of the molecule is O=C1CCCCC1.OC1=CCCC(c2ccsc2)C1. The summed E-state index contributed by atoms with van der Waals surface area (Å²) in [5.74, 6) is 1.59. The predicted octanol–water partition coefficient (Wildman–Crippen LogP) is 4.98. The lowest BCUT2D eigenvalue weighted by Crippen LogP contribution is -2.03. The largest absolute Gasteiger partial charge is 0.513 e. The molecule has 1 aromatic heterocycles. The minimum Gasteiger partial charge on any atom is -0.513 e. The maximum Gasteiger partial charge on any atom is 0.132 e. The lowest BCUT2D eigenvalue weighted by Gasteiger charge is -2.18. The van der Waals surface area contributed by atoms with Crippen LogP contribution in [-0.2, 0) is 4.79 Å². The minimum atomic E-state index is 0.464. The Hall–Kier alpha value is -1.09. The van der Waals surface area contributed by atoms with E-state index in [2.05, 4.69) is 16.8 Å². The number of hydrogen-bond acceptors (Lipinski definition) is 3. The van der Waals surface area contributed by atoms with E-state index in [-0.39, 0.29) is 0 Å². The highest BCUT2D eigenvalue weighted by molar-refractivity contribution is 7.07. The Kier molecular flexibility index (Phi) is 5.64. The molecule has 1 atom stereocenters. The molecule has 3 heteroatoms. The quantitative estimate of drug-likeness (QED) is 0.787. The molecule has 1 N–H and O–H groups in total. The van der Waals surface area contributed by atoms with E-state index in [1.54, 1.807) is 11.3 Å². The van der Waals surface area contributed by atoms with Gasteiger partial charge in [-0.2, -0.15) is 11.3 Å². The van der Waals surface area contributed by atoms with Gasteiger partial charge in [0.25, 0.3) is 0 Å². The molecule has 1 fully saturated rings. The summed E-state index contributed by atoms with van der Waals surface area (Å²) in [6, 6.07) is 2.16. The number of thiophene rings is 1. The van der Waals surface area contributed by atoms with E-state index >= 15 is 0 Å². The van der Waals surface area contributed by atoms with Gasteiger partial charge in [-0.15, -0.1) is 0 Å². The molecule has 2 aliphatic carbocycles. The zero-order valence-electron chi connectivity index (χ0n) is 11.3. The number of hydrogen-bond donors (Lipinski definition) is 1. The van der Waals surface area contributed by atoms with Crippen LogP contribution in [-0.4, -0.2) is 10.9 Å². The second kappa shape index (κ2) is 7.49. The fraction of sp³-hybridized carbons (Fsp3) is 0.562. The van der Waals surface area contributed by atoms with Crippen molar-refractivity contribution in [3.8, 4) is 0 Å². The van der Waals surface area contributed by atoms with Crippen molar-refractivity contribution in [1.29, 1.82) is 0 Å². The first-order chi connectivity index (χ1) is 9.25. The number of Topliss-reactive ketones (excluding diaryl/α,β-unsaturated/α-hetero) is 1. The van der Waals surface area contributed by atoms with Crippen molar-refractivity contribution < 1.29 is 9.90 Å². The van der Waals surface area contributed by atoms with Crippen LogP contribution >= 0.6 is 11.3 Å². The van der Waals surface area contributed by atoms with Crippen LogP contribution in [0.15, 0.2) is 28.7 Å². The van der Waals surface area contributed by atoms with E-state index in [4.69, 9.17) is 0 Å². The molecule has 0 amide bonds. The van der Waals surface area contributed by atoms with Crippen LogP contribution in [0.1, 0.15) is 62.8 Å². The van der Waals surface area contributed by atoms with Gasteiger partial charge in [0.2, 0.25) is 0 Å². The van der Waals surface area contributed by atoms with Crippen molar-refractivity contribution in [3.63, 3.8) is 0 Å². The van der Waals surface area contributed by atoms with Crippen LogP contribution in [0.25, 0.3) is 0 Å². The summed E-state index contributed by atoms with van der Waals surface area (Å²) >= 11 is 1.73. The van der Waals surface area contributed by atoms with E-state index in [0.29, 0.717) is 17.5 Å². The van der Waals surface area contributed by atoms with Gasteiger partial charge in [-0.05, 0) is 60.1 Å². The number of rotatable bonds is 1. The molecule has 0 radical (unpaired) electrons. The molecule has 1 heterocycles. The molecule has 1 unspecified atom stereocenters. The van der Waals surface area contributed by atoms with Gasteiger partial charge < -0.3 is 5.11 Å². The molecule has 0 aromatic carbocycles. The molecule has 1 aromatic rings. The highest BCUT2D eigenvalue weighted by Crippen LogP contribution is 2.32. The third-order valence-corrected chi connectivity index (χ3v) is 4.48. The van der Waals surface area contributed by atoms with Gasteiger partial charge in [-0.25, -0.2) is 0 Å². The van der Waals surface area contributed by atoms with Gasteiger partial charge in [0.15, 0.2) is 0 Å². The molecule has 104 valence electrons. The molecule has 0 aliphatic heterocycles. The zero-order chi connectivity index (χ0) is 13.5. The minimum absolute atomic E-state index is 0.464. The predicted molar refractivity (Wildman–Crippen MR) is 79.7 cm³/mol. The van der Waals surface area contributed by atoms with Gasteiger partial charge in [0.1, 0.15) is 5.78 Å². The number of carbonyl (C=O) groups excluding carboxylic acids is 1. The Morgan fingerprint density at radius 3 is 2.53 bits per heavy atom. The molecular formula is C16H22O2S.